The summed E-state index contributed by atoms with van der Waals surface area (Å²) in [4.78, 5) is 4.04. The number of hydrogen-bond donors (Lipinski definition) is 2. The Balaban J connectivity index is -0.000000722. The third kappa shape index (κ3) is 5.53. The molecule has 1 aromatic carbocycles. The molecule has 0 aliphatic rings. The number of aromatic nitrogens is 1. The van der Waals surface area contributed by atoms with Crippen LogP contribution in [0.1, 0.15) is 5.56 Å². The molecule has 0 spiro atoms. The summed E-state index contributed by atoms with van der Waals surface area (Å²) in [7, 11) is 0. The molecule has 102 valence electrons. The van der Waals surface area contributed by atoms with Crippen LogP contribution in [0, 0.1) is 11.3 Å². The number of halogens is 3. The van der Waals surface area contributed by atoms with E-state index in [0.717, 1.165) is 0 Å². The number of pyridine rings is 1. The topological polar surface area (TPSA) is 82.9 Å². The van der Waals surface area contributed by atoms with Crippen molar-refractivity contribution < 1.29 is 56.1 Å². The molecule has 8 heteroatoms. The van der Waals surface area contributed by atoms with Gasteiger partial charge in [-0.1, -0.05) is 12.1 Å². The average molecular weight is 462 g/mol. The summed E-state index contributed by atoms with van der Waals surface area (Å²) in [5, 5.41) is 18.4. The van der Waals surface area contributed by atoms with Crippen LogP contribution in [0.2, 0.25) is 0 Å². The van der Waals surface area contributed by atoms with Gasteiger partial charge in [-0.2, -0.15) is 5.26 Å². The van der Waals surface area contributed by atoms with Gasteiger partial charge in [0.05, 0.1) is 11.6 Å². The first-order valence-electron chi connectivity index (χ1n) is 4.67. The molecule has 1 aromatic heterocycles. The van der Waals surface area contributed by atoms with Crippen LogP contribution in [0.5, 0.6) is 5.75 Å². The van der Waals surface area contributed by atoms with Gasteiger partial charge in [-0.25, -0.2) is 4.98 Å². The van der Waals surface area contributed by atoms with Crippen molar-refractivity contribution >= 4 is 14.2 Å². The number of nitrogens with two attached hydrogens (primary N) is 1. The van der Waals surface area contributed by atoms with Gasteiger partial charge in [-0.15, -0.1) is 0 Å². The van der Waals surface area contributed by atoms with E-state index in [1.54, 1.807) is 24.3 Å². The smallest absolute Gasteiger partial charge is 1.00 e. The number of nitrogen functional groups attached to an aromatic ring is 1. The Morgan fingerprint density at radius 3 is 2.35 bits per heavy atom. The van der Waals surface area contributed by atoms with E-state index in [2.05, 4.69) is 4.98 Å². The van der Waals surface area contributed by atoms with Crippen LogP contribution < -0.4 is 56.7 Å². The summed E-state index contributed by atoms with van der Waals surface area (Å²) < 4.78 is 0. The van der Waals surface area contributed by atoms with E-state index in [-0.39, 0.29) is 65.1 Å². The first kappa shape index (κ1) is 24.0. The summed E-state index contributed by atoms with van der Waals surface area (Å²) >= 11 is 0. The van der Waals surface area contributed by atoms with Crippen molar-refractivity contribution in [1.29, 1.82) is 5.26 Å². The quantitative estimate of drug-likeness (QED) is 0.414. The third-order valence-corrected chi connectivity index (χ3v) is 2.16. The van der Waals surface area contributed by atoms with Crippen LogP contribution in [0.15, 0.2) is 36.4 Å². The summed E-state index contributed by atoms with van der Waals surface area (Å²) in [5.74, 6) is 0.374. The van der Waals surface area contributed by atoms with E-state index in [1.165, 1.54) is 12.1 Å². The Hall–Kier alpha value is -1.04. The van der Waals surface area contributed by atoms with Gasteiger partial charge >= 0.3 is 8.41 Å². The molecule has 0 bridgehead atoms. The van der Waals surface area contributed by atoms with Crippen molar-refractivity contribution in [3.8, 4) is 23.1 Å². The maximum Gasteiger partial charge on any atom is 3.00 e. The number of nitriles is 1. The van der Waals surface area contributed by atoms with Gasteiger partial charge in [0.15, 0.2) is 0 Å². The van der Waals surface area contributed by atoms with Crippen molar-refractivity contribution in [3.63, 3.8) is 0 Å². The van der Waals surface area contributed by atoms with E-state index >= 15 is 0 Å². The molecule has 0 saturated carbocycles. The van der Waals surface area contributed by atoms with Gasteiger partial charge in [0.25, 0.3) is 0 Å². The number of rotatable bonds is 1. The Kier molecular flexibility index (Phi) is 12.9. The fourth-order valence-electron chi connectivity index (χ4n) is 1.42. The third-order valence-electron chi connectivity index (χ3n) is 2.16. The van der Waals surface area contributed by atoms with Crippen LogP contribution in [0.4, 0.5) is 5.82 Å². The second-order valence-electron chi connectivity index (χ2n) is 3.30. The zero-order chi connectivity index (χ0) is 11.5. The number of hydrogen-bond acceptors (Lipinski definition) is 4. The standard InChI is InChI=1S/C12H9N3O.B.3BrH/c13-7-8-2-1-3-9(6-8)12-10(16)4-5-11(14)15-12;;;;/h1-6,16H,(H2,14,15);;3*1H/q;+3;;;/p-3. The Labute approximate surface area is 150 Å². The zero-order valence-electron chi connectivity index (χ0n) is 10.1. The monoisotopic (exact) mass is 459 g/mol. The predicted molar refractivity (Wildman–Crippen MR) is 66.2 cm³/mol. The summed E-state index contributed by atoms with van der Waals surface area (Å²) in [5.41, 5.74) is 7.12. The number of anilines is 1. The first-order chi connectivity index (χ1) is 7.70. The molecule has 0 radical (unpaired) electrons. The van der Waals surface area contributed by atoms with Gasteiger partial charge in [0.2, 0.25) is 0 Å². The molecular formula is C12H9BBr3N3O. The molecule has 1 heterocycles. The number of benzene rings is 1. The summed E-state index contributed by atoms with van der Waals surface area (Å²) in [6, 6.07) is 11.9. The molecule has 0 atom stereocenters. The van der Waals surface area contributed by atoms with Crippen LogP contribution in [0.3, 0.4) is 0 Å². The summed E-state index contributed by atoms with van der Waals surface area (Å²) in [6.45, 7) is 0. The van der Waals surface area contributed by atoms with E-state index in [4.69, 9.17) is 11.0 Å². The molecule has 0 fully saturated rings. The Morgan fingerprint density at radius 1 is 1.10 bits per heavy atom. The van der Waals surface area contributed by atoms with Crippen molar-refractivity contribution in [2.45, 2.75) is 0 Å². The molecule has 2 rings (SSSR count). The average Bonchev–Trinajstić information content (AvgIpc) is 2.32. The molecular weight excluding hydrogens is 453 g/mol. The van der Waals surface area contributed by atoms with Gasteiger partial charge in [-0.3, -0.25) is 0 Å². The minimum Gasteiger partial charge on any atom is -1.00 e. The maximum atomic E-state index is 9.65. The van der Waals surface area contributed by atoms with Crippen LogP contribution >= 0.6 is 0 Å². The molecule has 4 nitrogen and oxygen atoms in total. The predicted octanol–water partition coefficient (Wildman–Crippen LogP) is -7.46. The molecule has 20 heavy (non-hydrogen) atoms. The second kappa shape index (κ2) is 10.7. The fourth-order valence-corrected chi connectivity index (χ4v) is 1.42. The molecule has 0 unspecified atom stereocenters. The molecule has 0 aliphatic carbocycles. The fraction of sp³-hybridized carbons (Fsp3) is 0. The molecule has 0 saturated heterocycles. The molecule has 2 aromatic rings. The van der Waals surface area contributed by atoms with Crippen molar-refractivity contribution in [2.75, 3.05) is 5.73 Å². The maximum absolute atomic E-state index is 9.65. The van der Waals surface area contributed by atoms with Crippen molar-refractivity contribution in [3.05, 3.63) is 42.0 Å². The van der Waals surface area contributed by atoms with Gasteiger partial charge in [-0.05, 0) is 24.3 Å². The van der Waals surface area contributed by atoms with Crippen LogP contribution in [0.25, 0.3) is 11.3 Å². The van der Waals surface area contributed by atoms with Crippen molar-refractivity contribution in [2.24, 2.45) is 0 Å². The minimum absolute atomic E-state index is 0. The minimum atomic E-state index is 0. The van der Waals surface area contributed by atoms with Gasteiger partial charge in [0.1, 0.15) is 17.3 Å². The van der Waals surface area contributed by atoms with Gasteiger partial charge in [0, 0.05) is 5.56 Å². The van der Waals surface area contributed by atoms with E-state index < -0.39 is 0 Å². The summed E-state index contributed by atoms with van der Waals surface area (Å²) in [6.07, 6.45) is 0. The first-order valence-corrected chi connectivity index (χ1v) is 4.67. The zero-order valence-corrected chi connectivity index (χ0v) is 14.9. The van der Waals surface area contributed by atoms with Crippen LogP contribution in [-0.4, -0.2) is 18.5 Å². The van der Waals surface area contributed by atoms with E-state index in [0.29, 0.717) is 22.6 Å². The molecule has 0 amide bonds. The Bertz CT molecular complexity index is 590. The normalized spacial score (nSPS) is 7.75. The Morgan fingerprint density at radius 2 is 1.75 bits per heavy atom. The molecule has 3 N–H and O–H groups in total. The second-order valence-corrected chi connectivity index (χ2v) is 3.30. The van der Waals surface area contributed by atoms with Crippen LogP contribution in [-0.2, 0) is 0 Å². The number of aromatic hydroxyl groups is 1. The molecule has 0 aliphatic heterocycles. The number of nitrogens with zero attached hydrogens (tertiary/aromatic N) is 2. The van der Waals surface area contributed by atoms with Gasteiger partial charge < -0.3 is 61.8 Å². The van der Waals surface area contributed by atoms with Crippen molar-refractivity contribution in [1.82, 2.24) is 4.98 Å². The van der Waals surface area contributed by atoms with E-state index in [9.17, 15) is 5.11 Å². The van der Waals surface area contributed by atoms with E-state index in [1.807, 2.05) is 6.07 Å². The largest absolute Gasteiger partial charge is 3.00 e. The SMILES string of the molecule is N#Cc1cccc(-c2nc(N)ccc2O)c1.[B+3].[Br-].[Br-].[Br-].